The zero-order valence-electron chi connectivity index (χ0n) is 31.2. The second kappa shape index (κ2) is 14.9. The summed E-state index contributed by atoms with van der Waals surface area (Å²) in [5, 5.41) is 2.40. The van der Waals surface area contributed by atoms with Gasteiger partial charge in [-0.25, -0.2) is 0 Å². The zero-order valence-corrected chi connectivity index (χ0v) is 32.1. The third kappa shape index (κ3) is 6.38. The molecule has 1 heterocycles. The van der Waals surface area contributed by atoms with Crippen molar-refractivity contribution in [1.82, 2.24) is 4.57 Å². The molecule has 1 aromatic heterocycles. The Hall–Kier alpha value is -7.07. The minimum absolute atomic E-state index is 0.971. The minimum Gasteiger partial charge on any atom is -0.310 e. The fourth-order valence-corrected chi connectivity index (χ4v) is 8.58. The molecule has 270 valence electrons. The lowest BCUT2D eigenvalue weighted by atomic mass is 9.98. The fourth-order valence-electron chi connectivity index (χ4n) is 8.18. The normalized spacial score (nSPS) is 11.2. The molecule has 0 N–H and O–H groups in total. The van der Waals surface area contributed by atoms with Crippen LogP contribution in [0.2, 0.25) is 0 Å². The van der Waals surface area contributed by atoms with Crippen molar-refractivity contribution in [3.8, 4) is 50.2 Å². The maximum absolute atomic E-state index is 5.07. The van der Waals surface area contributed by atoms with Gasteiger partial charge in [-0.15, -0.1) is 12.6 Å². The van der Waals surface area contributed by atoms with E-state index in [2.05, 4.69) is 228 Å². The molecule has 0 aliphatic rings. The molecule has 0 unspecified atom stereocenters. The van der Waals surface area contributed by atoms with Crippen LogP contribution in [0, 0.1) is 0 Å². The molecule has 0 radical (unpaired) electrons. The Bertz CT molecular complexity index is 2970. The van der Waals surface area contributed by atoms with Gasteiger partial charge in [-0.2, -0.15) is 0 Å². The van der Waals surface area contributed by atoms with E-state index in [1.807, 2.05) is 6.07 Å². The number of thiol groups is 1. The summed E-state index contributed by atoms with van der Waals surface area (Å²) in [6.45, 7) is 0. The highest BCUT2D eigenvalue weighted by Crippen LogP contribution is 2.45. The Morgan fingerprint density at radius 3 is 1.33 bits per heavy atom. The molecule has 0 saturated carbocycles. The lowest BCUT2D eigenvalue weighted by Crippen LogP contribution is -2.10. The van der Waals surface area contributed by atoms with E-state index in [0.717, 1.165) is 55.4 Å². The molecule has 0 saturated heterocycles. The molecular weight excluding hydrogens is 709 g/mol. The number of para-hydroxylation sites is 1. The highest BCUT2D eigenvalue weighted by atomic mass is 32.1. The van der Waals surface area contributed by atoms with E-state index < -0.39 is 0 Å². The molecule has 0 spiro atoms. The molecule has 0 aliphatic carbocycles. The largest absolute Gasteiger partial charge is 0.310 e. The number of anilines is 3. The van der Waals surface area contributed by atoms with Gasteiger partial charge < -0.3 is 9.47 Å². The van der Waals surface area contributed by atoms with Crippen molar-refractivity contribution in [3.63, 3.8) is 0 Å². The maximum atomic E-state index is 5.07. The first-order valence-corrected chi connectivity index (χ1v) is 19.8. The molecule has 3 heteroatoms. The zero-order chi connectivity index (χ0) is 38.1. The van der Waals surface area contributed by atoms with Gasteiger partial charge in [0.05, 0.1) is 16.7 Å². The van der Waals surface area contributed by atoms with E-state index in [0.29, 0.717) is 0 Å². The first kappa shape index (κ1) is 34.4. The average molecular weight is 747 g/mol. The van der Waals surface area contributed by atoms with Crippen LogP contribution in [-0.2, 0) is 0 Å². The van der Waals surface area contributed by atoms with Gasteiger partial charge in [0.2, 0.25) is 0 Å². The summed E-state index contributed by atoms with van der Waals surface area (Å²) < 4.78 is 2.40. The highest BCUT2D eigenvalue weighted by Gasteiger charge is 2.21. The van der Waals surface area contributed by atoms with Crippen molar-refractivity contribution in [3.05, 3.63) is 224 Å². The quantitative estimate of drug-likeness (QED) is 0.152. The van der Waals surface area contributed by atoms with Crippen molar-refractivity contribution in [2.45, 2.75) is 4.90 Å². The smallest absolute Gasteiger partial charge is 0.0562 e. The van der Waals surface area contributed by atoms with E-state index in [9.17, 15) is 0 Å². The predicted molar refractivity (Wildman–Crippen MR) is 244 cm³/mol. The van der Waals surface area contributed by atoms with Crippen molar-refractivity contribution < 1.29 is 0 Å². The van der Waals surface area contributed by atoms with E-state index in [-0.39, 0.29) is 0 Å². The number of benzene rings is 9. The third-order valence-corrected chi connectivity index (χ3v) is 11.4. The molecule has 9 aromatic carbocycles. The fraction of sp³-hybridized carbons (Fsp3) is 0. The van der Waals surface area contributed by atoms with Gasteiger partial charge in [-0.05, 0) is 99.1 Å². The molecule has 0 fully saturated rings. The predicted octanol–water partition coefficient (Wildman–Crippen LogP) is 15.2. The van der Waals surface area contributed by atoms with Gasteiger partial charge in [0.15, 0.2) is 0 Å². The second-order valence-electron chi connectivity index (χ2n) is 14.3. The number of aromatic nitrogens is 1. The van der Waals surface area contributed by atoms with Gasteiger partial charge in [-0.3, -0.25) is 0 Å². The first-order chi connectivity index (χ1) is 28.2. The molecule has 10 aromatic rings. The van der Waals surface area contributed by atoms with Gasteiger partial charge in [0.25, 0.3) is 0 Å². The van der Waals surface area contributed by atoms with Crippen LogP contribution in [0.5, 0.6) is 0 Å². The number of hydrogen-bond donors (Lipinski definition) is 1. The summed E-state index contributed by atoms with van der Waals surface area (Å²) in [4.78, 5) is 3.37. The second-order valence-corrected chi connectivity index (χ2v) is 14.7. The van der Waals surface area contributed by atoms with Crippen molar-refractivity contribution in [2.24, 2.45) is 0 Å². The molecule has 57 heavy (non-hydrogen) atoms. The molecular formula is C54H38N2S. The molecule has 0 amide bonds. The van der Waals surface area contributed by atoms with Crippen LogP contribution in [0.1, 0.15) is 0 Å². The van der Waals surface area contributed by atoms with Crippen molar-refractivity contribution in [1.29, 1.82) is 0 Å². The van der Waals surface area contributed by atoms with Crippen LogP contribution in [0.3, 0.4) is 0 Å². The number of fused-ring (bicyclic) bond motifs is 3. The van der Waals surface area contributed by atoms with Crippen LogP contribution in [0.15, 0.2) is 229 Å². The Morgan fingerprint density at radius 2 is 0.754 bits per heavy atom. The van der Waals surface area contributed by atoms with E-state index in [4.69, 9.17) is 12.6 Å². The Morgan fingerprint density at radius 1 is 0.333 bits per heavy atom. The van der Waals surface area contributed by atoms with Crippen LogP contribution in [-0.4, -0.2) is 4.57 Å². The topological polar surface area (TPSA) is 8.17 Å². The molecule has 0 aliphatic heterocycles. The lowest BCUT2D eigenvalue weighted by Gasteiger charge is -2.27. The number of hydrogen-bond acceptors (Lipinski definition) is 2. The van der Waals surface area contributed by atoms with Crippen LogP contribution < -0.4 is 4.90 Å². The summed E-state index contributed by atoms with van der Waals surface area (Å²) >= 11 is 5.07. The number of nitrogens with zero attached hydrogens (tertiary/aromatic N) is 2. The number of rotatable bonds is 8. The molecule has 0 atom stereocenters. The monoisotopic (exact) mass is 746 g/mol. The van der Waals surface area contributed by atoms with E-state index >= 15 is 0 Å². The third-order valence-electron chi connectivity index (χ3n) is 10.9. The molecule has 0 bridgehead atoms. The summed E-state index contributed by atoms with van der Waals surface area (Å²) in [5.74, 6) is 0. The van der Waals surface area contributed by atoms with Gasteiger partial charge in [-0.1, -0.05) is 170 Å². The highest BCUT2D eigenvalue weighted by molar-refractivity contribution is 7.80. The summed E-state index contributed by atoms with van der Waals surface area (Å²) in [6.07, 6.45) is 0. The standard InChI is InChI=1S/C54H38N2S/c57-54-47(42-18-8-3-9-19-42)21-12-22-48(54)43-30-36-45(37-31-43)55(44-32-26-40(27-33-44)38-14-4-1-5-15-38)51-24-13-25-52-53(51)49-20-10-11-23-50(49)56(52)46-34-28-41(29-35-46)39-16-6-2-7-17-39/h1-37,57H. The Kier molecular flexibility index (Phi) is 8.98. The molecule has 2 nitrogen and oxygen atoms in total. The van der Waals surface area contributed by atoms with Gasteiger partial charge >= 0.3 is 0 Å². The molecule has 10 rings (SSSR count). The van der Waals surface area contributed by atoms with E-state index in [1.54, 1.807) is 0 Å². The van der Waals surface area contributed by atoms with Gasteiger partial charge in [0.1, 0.15) is 0 Å². The summed E-state index contributed by atoms with van der Waals surface area (Å²) in [5.41, 5.74) is 16.0. The lowest BCUT2D eigenvalue weighted by molar-refractivity contribution is 1.18. The summed E-state index contributed by atoms with van der Waals surface area (Å²) in [6, 6.07) is 80.3. The van der Waals surface area contributed by atoms with Crippen molar-refractivity contribution >= 4 is 51.5 Å². The van der Waals surface area contributed by atoms with Crippen LogP contribution in [0.25, 0.3) is 72.0 Å². The average Bonchev–Trinajstić information content (AvgIpc) is 3.63. The minimum atomic E-state index is 0.971. The SMILES string of the molecule is Sc1c(-c2ccccc2)cccc1-c1ccc(N(c2ccc(-c3ccccc3)cc2)c2cccc3c2c2ccccc2n3-c2ccc(-c3ccccc3)cc2)cc1. The van der Waals surface area contributed by atoms with E-state index in [1.165, 1.54) is 38.5 Å². The Balaban J connectivity index is 1.13. The van der Waals surface area contributed by atoms with Crippen LogP contribution >= 0.6 is 12.6 Å². The summed E-state index contributed by atoms with van der Waals surface area (Å²) in [7, 11) is 0. The first-order valence-electron chi connectivity index (χ1n) is 19.3. The Labute approximate surface area is 339 Å². The van der Waals surface area contributed by atoms with Gasteiger partial charge in [0, 0.05) is 32.7 Å². The van der Waals surface area contributed by atoms with Crippen LogP contribution in [0.4, 0.5) is 17.1 Å². The maximum Gasteiger partial charge on any atom is 0.0562 e. The van der Waals surface area contributed by atoms with Crippen molar-refractivity contribution in [2.75, 3.05) is 4.90 Å².